The molecule has 1 aromatic carbocycles. The van der Waals surface area contributed by atoms with Crippen LogP contribution in [0.15, 0.2) is 45.9 Å². The minimum absolute atomic E-state index is 0.0380. The van der Waals surface area contributed by atoms with Gasteiger partial charge in [-0.3, -0.25) is 9.59 Å². The number of rotatable bonds is 1. The molecule has 0 spiro atoms. The molecule has 1 aromatic rings. The maximum atomic E-state index is 12.2. The van der Waals surface area contributed by atoms with Gasteiger partial charge in [0.2, 0.25) is 0 Å². The van der Waals surface area contributed by atoms with Gasteiger partial charge in [-0.2, -0.15) is 0 Å². The molecule has 0 heterocycles. The molecule has 3 nitrogen and oxygen atoms in total. The van der Waals surface area contributed by atoms with Gasteiger partial charge in [0.15, 0.2) is 5.78 Å². The Hall–Kier alpha value is -1.16. The summed E-state index contributed by atoms with van der Waals surface area (Å²) < 4.78 is 0. The molecule has 0 bridgehead atoms. The van der Waals surface area contributed by atoms with Crippen LogP contribution in [0.1, 0.15) is 24.2 Å². The standard InChI is InChI=1S/C15H12Cl3NO2/c1-8-10(16)13(20)15(2,18)12(17)11(8)19-14(21)9-6-4-3-5-7-9/h3-7,12H,1-2H3/t12-,15-/m0/s1. The molecule has 0 unspecified atom stereocenters. The van der Waals surface area contributed by atoms with Gasteiger partial charge in [0.25, 0.3) is 5.91 Å². The highest BCUT2D eigenvalue weighted by molar-refractivity contribution is 6.59. The van der Waals surface area contributed by atoms with Gasteiger partial charge in [-0.25, -0.2) is 4.99 Å². The van der Waals surface area contributed by atoms with Gasteiger partial charge >= 0.3 is 0 Å². The van der Waals surface area contributed by atoms with Gasteiger partial charge in [0.1, 0.15) is 10.3 Å². The Balaban J connectivity index is 2.49. The van der Waals surface area contributed by atoms with Crippen molar-refractivity contribution < 1.29 is 9.59 Å². The fourth-order valence-electron chi connectivity index (χ4n) is 1.95. The summed E-state index contributed by atoms with van der Waals surface area (Å²) in [6.45, 7) is 3.06. The molecule has 0 saturated heterocycles. The molecule has 0 N–H and O–H groups in total. The normalized spacial score (nSPS) is 28.1. The van der Waals surface area contributed by atoms with E-state index in [0.29, 0.717) is 11.1 Å². The number of halogens is 3. The number of ketones is 1. The molecule has 110 valence electrons. The maximum Gasteiger partial charge on any atom is 0.277 e. The second-order valence-corrected chi connectivity index (χ2v) is 6.47. The van der Waals surface area contributed by atoms with Crippen LogP contribution in [0.25, 0.3) is 0 Å². The molecule has 0 radical (unpaired) electrons. The number of carbonyl (C=O) groups is 2. The van der Waals surface area contributed by atoms with E-state index >= 15 is 0 Å². The lowest BCUT2D eigenvalue weighted by molar-refractivity contribution is -0.117. The van der Waals surface area contributed by atoms with Gasteiger partial charge in [0.05, 0.1) is 10.7 Å². The second-order valence-electron chi connectivity index (χ2n) is 4.87. The largest absolute Gasteiger partial charge is 0.291 e. The molecule has 0 aliphatic heterocycles. The Morgan fingerprint density at radius 1 is 1.29 bits per heavy atom. The summed E-state index contributed by atoms with van der Waals surface area (Å²) in [6, 6.07) is 8.55. The van der Waals surface area contributed by atoms with E-state index in [2.05, 4.69) is 4.99 Å². The Labute approximate surface area is 137 Å². The summed E-state index contributed by atoms with van der Waals surface area (Å²) in [5.74, 6) is -0.920. The molecule has 2 rings (SSSR count). The van der Waals surface area contributed by atoms with E-state index in [1.807, 2.05) is 0 Å². The Bertz CT molecular complexity index is 663. The molecular weight excluding hydrogens is 333 g/mol. The van der Waals surface area contributed by atoms with E-state index in [1.165, 1.54) is 6.92 Å². The summed E-state index contributed by atoms with van der Waals surface area (Å²) in [5, 5.41) is -0.967. The maximum absolute atomic E-state index is 12.2. The Morgan fingerprint density at radius 3 is 2.43 bits per heavy atom. The van der Waals surface area contributed by atoms with Gasteiger partial charge in [-0.05, 0) is 31.6 Å². The Morgan fingerprint density at radius 2 is 1.86 bits per heavy atom. The van der Waals surface area contributed by atoms with E-state index in [0.717, 1.165) is 0 Å². The first-order valence-electron chi connectivity index (χ1n) is 6.19. The number of amides is 1. The van der Waals surface area contributed by atoms with Gasteiger partial charge in [-0.15, -0.1) is 23.2 Å². The van der Waals surface area contributed by atoms with Crippen LogP contribution in [-0.2, 0) is 4.79 Å². The smallest absolute Gasteiger partial charge is 0.277 e. The fraction of sp³-hybridized carbons (Fsp3) is 0.267. The highest BCUT2D eigenvalue weighted by atomic mass is 35.5. The molecule has 0 aromatic heterocycles. The summed E-state index contributed by atoms with van der Waals surface area (Å²) >= 11 is 18.4. The summed E-state index contributed by atoms with van der Waals surface area (Å²) in [7, 11) is 0. The number of hydrogen-bond donors (Lipinski definition) is 0. The molecule has 1 aliphatic rings. The van der Waals surface area contributed by atoms with Crippen molar-refractivity contribution in [2.45, 2.75) is 24.1 Å². The van der Waals surface area contributed by atoms with Crippen molar-refractivity contribution >= 4 is 52.2 Å². The summed E-state index contributed by atoms with van der Waals surface area (Å²) in [5.41, 5.74) is 1.03. The first-order chi connectivity index (χ1) is 9.76. The number of Topliss-reactive ketones (excluding diaryl/α,β-unsaturated/α-hetero) is 1. The third kappa shape index (κ3) is 2.91. The molecule has 1 amide bonds. The quantitative estimate of drug-likeness (QED) is 0.724. The first kappa shape index (κ1) is 16.2. The topological polar surface area (TPSA) is 46.5 Å². The zero-order valence-corrected chi connectivity index (χ0v) is 13.6. The van der Waals surface area contributed by atoms with Crippen LogP contribution in [0.4, 0.5) is 0 Å². The molecular formula is C15H12Cl3NO2. The number of allylic oxidation sites excluding steroid dienone is 2. The van der Waals surface area contributed by atoms with E-state index in [1.54, 1.807) is 37.3 Å². The van der Waals surface area contributed by atoms with Crippen LogP contribution in [0.3, 0.4) is 0 Å². The molecule has 0 saturated carbocycles. The molecule has 6 heteroatoms. The van der Waals surface area contributed by atoms with Crippen LogP contribution in [0.5, 0.6) is 0 Å². The number of nitrogens with zero attached hydrogens (tertiary/aromatic N) is 1. The fourth-order valence-corrected chi connectivity index (χ4v) is 2.81. The van der Waals surface area contributed by atoms with Gasteiger partial charge in [0, 0.05) is 5.56 Å². The lowest BCUT2D eigenvalue weighted by atomic mass is 9.87. The van der Waals surface area contributed by atoms with Crippen molar-refractivity contribution in [3.05, 3.63) is 46.5 Å². The summed E-state index contributed by atoms with van der Waals surface area (Å²) in [4.78, 5) is 26.8. The molecule has 0 fully saturated rings. The SMILES string of the molecule is CC1=C(Cl)C(=O)[C@@](C)(Cl)[C@@H](Cl)C1=NC(=O)c1ccccc1. The van der Waals surface area contributed by atoms with Crippen molar-refractivity contribution in [2.75, 3.05) is 0 Å². The first-order valence-corrected chi connectivity index (χ1v) is 7.38. The van der Waals surface area contributed by atoms with Crippen LogP contribution in [0.2, 0.25) is 0 Å². The number of carbonyl (C=O) groups excluding carboxylic acids is 2. The Kier molecular flexibility index (Phi) is 4.57. The lowest BCUT2D eigenvalue weighted by Crippen LogP contribution is -2.48. The predicted molar refractivity (Wildman–Crippen MR) is 85.7 cm³/mol. The number of alkyl halides is 2. The van der Waals surface area contributed by atoms with Crippen molar-refractivity contribution in [1.82, 2.24) is 0 Å². The minimum atomic E-state index is -1.42. The molecule has 2 atom stereocenters. The van der Waals surface area contributed by atoms with Crippen molar-refractivity contribution in [3.63, 3.8) is 0 Å². The highest BCUT2D eigenvalue weighted by Gasteiger charge is 2.47. The zero-order chi connectivity index (χ0) is 15.8. The third-order valence-corrected chi connectivity index (χ3v) is 4.92. The number of aliphatic imine (C=N–C) groups is 1. The van der Waals surface area contributed by atoms with Gasteiger partial charge in [-0.1, -0.05) is 29.8 Å². The molecule has 21 heavy (non-hydrogen) atoms. The average molecular weight is 345 g/mol. The van der Waals surface area contributed by atoms with Crippen molar-refractivity contribution in [1.29, 1.82) is 0 Å². The zero-order valence-electron chi connectivity index (χ0n) is 11.4. The average Bonchev–Trinajstić information content (AvgIpc) is 2.49. The monoisotopic (exact) mass is 343 g/mol. The van der Waals surface area contributed by atoms with Crippen LogP contribution in [0, 0.1) is 0 Å². The second kappa shape index (κ2) is 5.91. The number of hydrogen-bond acceptors (Lipinski definition) is 2. The third-order valence-electron chi connectivity index (χ3n) is 3.32. The van der Waals surface area contributed by atoms with Crippen LogP contribution in [-0.4, -0.2) is 27.7 Å². The number of benzene rings is 1. The van der Waals surface area contributed by atoms with E-state index in [-0.39, 0.29) is 10.7 Å². The van der Waals surface area contributed by atoms with Crippen LogP contribution < -0.4 is 0 Å². The van der Waals surface area contributed by atoms with E-state index in [9.17, 15) is 9.59 Å². The van der Waals surface area contributed by atoms with Crippen LogP contribution >= 0.6 is 34.8 Å². The summed E-state index contributed by atoms with van der Waals surface area (Å²) in [6.07, 6.45) is 0. The molecule has 1 aliphatic carbocycles. The van der Waals surface area contributed by atoms with E-state index < -0.39 is 21.9 Å². The van der Waals surface area contributed by atoms with Crippen molar-refractivity contribution in [2.24, 2.45) is 4.99 Å². The van der Waals surface area contributed by atoms with E-state index in [4.69, 9.17) is 34.8 Å². The predicted octanol–water partition coefficient (Wildman–Crippen LogP) is 3.97. The minimum Gasteiger partial charge on any atom is -0.291 e. The lowest BCUT2D eigenvalue weighted by Gasteiger charge is -2.32. The van der Waals surface area contributed by atoms with Crippen molar-refractivity contribution in [3.8, 4) is 0 Å². The van der Waals surface area contributed by atoms with Gasteiger partial charge < -0.3 is 0 Å². The highest BCUT2D eigenvalue weighted by Crippen LogP contribution is 2.38.